The lowest BCUT2D eigenvalue weighted by Crippen LogP contribution is -2.59. The lowest BCUT2D eigenvalue weighted by Gasteiger charge is -2.48. The van der Waals surface area contributed by atoms with Crippen molar-refractivity contribution in [2.24, 2.45) is 0 Å². The number of amides is 1. The Kier molecular flexibility index (Phi) is 4.88. The van der Waals surface area contributed by atoms with E-state index in [0.717, 1.165) is 10.0 Å². The summed E-state index contributed by atoms with van der Waals surface area (Å²) < 4.78 is 6.83. The number of ether oxygens (including phenoxy) is 1. The van der Waals surface area contributed by atoms with Crippen molar-refractivity contribution in [2.45, 2.75) is 31.6 Å². The SMILES string of the molecule is CC1(C)Oc2ccc(Br)cc2[C@@H](N2CCN(CCO)CC2=O)[C@@H]1O. The van der Waals surface area contributed by atoms with Crippen molar-refractivity contribution in [1.29, 1.82) is 0 Å². The lowest BCUT2D eigenvalue weighted by molar-refractivity contribution is -0.150. The molecule has 24 heavy (non-hydrogen) atoms. The normalized spacial score (nSPS) is 26.9. The maximum Gasteiger partial charge on any atom is 0.237 e. The van der Waals surface area contributed by atoms with Gasteiger partial charge in [0.25, 0.3) is 0 Å². The minimum absolute atomic E-state index is 0.0377. The van der Waals surface area contributed by atoms with Crippen molar-refractivity contribution < 1.29 is 19.7 Å². The van der Waals surface area contributed by atoms with E-state index in [1.54, 1.807) is 4.90 Å². The van der Waals surface area contributed by atoms with Gasteiger partial charge in [0.05, 0.1) is 19.2 Å². The van der Waals surface area contributed by atoms with Crippen molar-refractivity contribution in [3.8, 4) is 5.75 Å². The van der Waals surface area contributed by atoms with E-state index in [1.165, 1.54) is 0 Å². The molecule has 0 unspecified atom stereocenters. The van der Waals surface area contributed by atoms with Crippen LogP contribution >= 0.6 is 15.9 Å². The van der Waals surface area contributed by atoms with Crippen molar-refractivity contribution in [3.05, 3.63) is 28.2 Å². The molecule has 0 bridgehead atoms. The zero-order valence-electron chi connectivity index (χ0n) is 13.9. The standard InChI is InChI=1S/C17H23BrN2O4/c1-17(2)16(23)15(12-9-11(18)3-4-13(12)24-17)20-6-5-19(7-8-21)10-14(20)22/h3-4,9,15-16,21,23H,5-8,10H2,1-2H3/t15-,16+/m1/s1. The average molecular weight is 399 g/mol. The molecule has 1 amide bonds. The maximum absolute atomic E-state index is 12.7. The van der Waals surface area contributed by atoms with Gasteiger partial charge in [-0.2, -0.15) is 0 Å². The van der Waals surface area contributed by atoms with Crippen molar-refractivity contribution in [3.63, 3.8) is 0 Å². The first-order chi connectivity index (χ1) is 11.3. The van der Waals surface area contributed by atoms with E-state index >= 15 is 0 Å². The molecule has 6 nitrogen and oxygen atoms in total. The zero-order chi connectivity index (χ0) is 17.5. The van der Waals surface area contributed by atoms with Crippen LogP contribution in [0.1, 0.15) is 25.5 Å². The third-order valence-electron chi connectivity index (χ3n) is 4.76. The first-order valence-electron chi connectivity index (χ1n) is 8.12. The summed E-state index contributed by atoms with van der Waals surface area (Å²) in [6.45, 7) is 5.65. The number of hydrogen-bond acceptors (Lipinski definition) is 5. The van der Waals surface area contributed by atoms with E-state index in [9.17, 15) is 9.90 Å². The maximum atomic E-state index is 12.7. The molecule has 1 aromatic rings. The first kappa shape index (κ1) is 17.7. The van der Waals surface area contributed by atoms with Gasteiger partial charge in [0.1, 0.15) is 17.5 Å². The Hall–Kier alpha value is -1.15. The number of β-amino-alcohol motifs (C(OH)–C–C–N with tert-alkyl or cyclic N) is 1. The molecule has 1 saturated heterocycles. The summed E-state index contributed by atoms with van der Waals surface area (Å²) in [5, 5.41) is 19.9. The fraction of sp³-hybridized carbons (Fsp3) is 0.588. The number of aliphatic hydroxyl groups is 2. The number of benzene rings is 1. The molecule has 2 aliphatic heterocycles. The molecule has 2 aliphatic rings. The van der Waals surface area contributed by atoms with E-state index in [0.29, 0.717) is 25.4 Å². The number of carbonyl (C=O) groups excluding carboxylic acids is 1. The van der Waals surface area contributed by atoms with Crippen LogP contribution in [-0.4, -0.2) is 70.4 Å². The molecule has 2 atom stereocenters. The third kappa shape index (κ3) is 3.18. The number of halogens is 1. The smallest absolute Gasteiger partial charge is 0.237 e. The van der Waals surface area contributed by atoms with Gasteiger partial charge in [-0.25, -0.2) is 0 Å². The molecule has 0 aliphatic carbocycles. The van der Waals surface area contributed by atoms with Crippen molar-refractivity contribution in [1.82, 2.24) is 9.80 Å². The van der Waals surface area contributed by atoms with Crippen LogP contribution in [0.15, 0.2) is 22.7 Å². The van der Waals surface area contributed by atoms with E-state index in [2.05, 4.69) is 15.9 Å². The monoisotopic (exact) mass is 398 g/mol. The number of fused-ring (bicyclic) bond motifs is 1. The summed E-state index contributed by atoms with van der Waals surface area (Å²) in [5.74, 6) is 0.659. The predicted molar refractivity (Wildman–Crippen MR) is 92.8 cm³/mol. The molecule has 1 aromatic carbocycles. The summed E-state index contributed by atoms with van der Waals surface area (Å²) in [5.41, 5.74) is 0.0359. The fourth-order valence-corrected chi connectivity index (χ4v) is 3.82. The van der Waals surface area contributed by atoms with E-state index in [-0.39, 0.29) is 19.1 Å². The minimum Gasteiger partial charge on any atom is -0.485 e. The Labute approximate surface area is 150 Å². The Balaban J connectivity index is 1.94. The number of nitrogens with zero attached hydrogens (tertiary/aromatic N) is 2. The number of rotatable bonds is 3. The molecule has 3 rings (SSSR count). The van der Waals surface area contributed by atoms with Crippen LogP contribution in [-0.2, 0) is 4.79 Å². The van der Waals surface area contributed by atoms with Crippen molar-refractivity contribution >= 4 is 21.8 Å². The van der Waals surface area contributed by atoms with Gasteiger partial charge in [-0.3, -0.25) is 9.69 Å². The molecule has 0 saturated carbocycles. The molecule has 0 aromatic heterocycles. The Morgan fingerprint density at radius 2 is 2.12 bits per heavy atom. The largest absolute Gasteiger partial charge is 0.485 e. The highest BCUT2D eigenvalue weighted by Gasteiger charge is 2.47. The van der Waals surface area contributed by atoms with Gasteiger partial charge < -0.3 is 19.8 Å². The highest BCUT2D eigenvalue weighted by molar-refractivity contribution is 9.10. The predicted octanol–water partition coefficient (Wildman–Crippen LogP) is 1.16. The van der Waals surface area contributed by atoms with Gasteiger partial charge in [0.15, 0.2) is 0 Å². The molecule has 1 fully saturated rings. The number of aliphatic hydroxyl groups excluding tert-OH is 2. The second kappa shape index (κ2) is 6.63. The van der Waals surface area contributed by atoms with Crippen LogP contribution in [0.2, 0.25) is 0 Å². The Morgan fingerprint density at radius 3 is 2.79 bits per heavy atom. The van der Waals surface area contributed by atoms with Gasteiger partial charge in [0.2, 0.25) is 5.91 Å². The van der Waals surface area contributed by atoms with E-state index < -0.39 is 17.7 Å². The minimum atomic E-state index is -0.826. The van der Waals surface area contributed by atoms with Crippen LogP contribution in [0.3, 0.4) is 0 Å². The summed E-state index contributed by atoms with van der Waals surface area (Å²) in [4.78, 5) is 16.3. The first-order valence-corrected chi connectivity index (χ1v) is 8.92. The van der Waals surface area contributed by atoms with Crippen LogP contribution in [0, 0.1) is 0 Å². The fourth-order valence-electron chi connectivity index (χ4n) is 3.44. The molecule has 2 heterocycles. The number of piperazine rings is 1. The van der Waals surface area contributed by atoms with Crippen LogP contribution in [0.5, 0.6) is 5.75 Å². The number of carbonyl (C=O) groups is 1. The van der Waals surface area contributed by atoms with Crippen LogP contribution < -0.4 is 4.74 Å². The lowest BCUT2D eigenvalue weighted by atomic mass is 9.85. The zero-order valence-corrected chi connectivity index (χ0v) is 15.5. The van der Waals surface area contributed by atoms with Gasteiger partial charge in [-0.15, -0.1) is 0 Å². The van der Waals surface area contributed by atoms with Gasteiger partial charge >= 0.3 is 0 Å². The summed E-state index contributed by atoms with van der Waals surface area (Å²) in [6, 6.07) is 5.23. The van der Waals surface area contributed by atoms with Crippen LogP contribution in [0.4, 0.5) is 0 Å². The molecular formula is C17H23BrN2O4. The van der Waals surface area contributed by atoms with Crippen LogP contribution in [0.25, 0.3) is 0 Å². The third-order valence-corrected chi connectivity index (χ3v) is 5.26. The summed E-state index contributed by atoms with van der Waals surface area (Å²) in [6.07, 6.45) is -0.826. The topological polar surface area (TPSA) is 73.2 Å². The average Bonchev–Trinajstić information content (AvgIpc) is 2.51. The molecule has 0 spiro atoms. The second-order valence-electron chi connectivity index (χ2n) is 6.86. The molecule has 0 radical (unpaired) electrons. The highest BCUT2D eigenvalue weighted by Crippen LogP contribution is 2.44. The van der Waals surface area contributed by atoms with E-state index in [1.807, 2.05) is 36.9 Å². The Bertz CT molecular complexity index is 637. The van der Waals surface area contributed by atoms with E-state index in [4.69, 9.17) is 9.84 Å². The Morgan fingerprint density at radius 1 is 1.38 bits per heavy atom. The molecule has 132 valence electrons. The summed E-state index contributed by atoms with van der Waals surface area (Å²) >= 11 is 3.46. The molecule has 2 N–H and O–H groups in total. The van der Waals surface area contributed by atoms with Gasteiger partial charge in [-0.05, 0) is 32.0 Å². The van der Waals surface area contributed by atoms with Crippen molar-refractivity contribution in [2.75, 3.05) is 32.8 Å². The second-order valence-corrected chi connectivity index (χ2v) is 7.78. The molecular weight excluding hydrogens is 376 g/mol. The van der Waals surface area contributed by atoms with Gasteiger partial charge in [-0.1, -0.05) is 15.9 Å². The molecule has 7 heteroatoms. The summed E-state index contributed by atoms with van der Waals surface area (Å²) in [7, 11) is 0. The quantitative estimate of drug-likeness (QED) is 0.798. The van der Waals surface area contributed by atoms with Gasteiger partial charge in [0, 0.05) is 29.7 Å². The highest BCUT2D eigenvalue weighted by atomic mass is 79.9. The number of hydrogen-bond donors (Lipinski definition) is 2.